The Balaban J connectivity index is 2.22. The second-order valence-electron chi connectivity index (χ2n) is 5.20. The molecule has 0 unspecified atom stereocenters. The lowest BCUT2D eigenvalue weighted by atomic mass is 10.1. The molecule has 2 rings (SSSR count). The van der Waals surface area contributed by atoms with Crippen LogP contribution < -0.4 is 11.5 Å². The van der Waals surface area contributed by atoms with Gasteiger partial charge in [0.2, 0.25) is 0 Å². The number of aryl methyl sites for hydroxylation is 1. The van der Waals surface area contributed by atoms with Crippen molar-refractivity contribution >= 4 is 17.3 Å². The molecule has 4 N–H and O–H groups in total. The smallest absolute Gasteiger partial charge is 0.254 e. The van der Waals surface area contributed by atoms with Crippen molar-refractivity contribution in [1.29, 1.82) is 0 Å². The molecule has 0 saturated carbocycles. The van der Waals surface area contributed by atoms with Gasteiger partial charge in [-0.25, -0.2) is 0 Å². The van der Waals surface area contributed by atoms with Gasteiger partial charge < -0.3 is 16.4 Å². The zero-order valence-electron chi connectivity index (χ0n) is 12.5. The van der Waals surface area contributed by atoms with Crippen LogP contribution >= 0.6 is 0 Å². The van der Waals surface area contributed by atoms with Crippen LogP contribution in [0.5, 0.6) is 0 Å². The summed E-state index contributed by atoms with van der Waals surface area (Å²) < 4.78 is 0. The Morgan fingerprint density at radius 3 is 2.33 bits per heavy atom. The molecule has 2 aromatic rings. The standard InChI is InChI=1S/C17H21N3O/c1-3-20(11-13-6-4-5-12(2)7-13)17(21)14-8-15(18)10-16(19)9-14/h4-10H,3,11,18-19H2,1-2H3. The van der Waals surface area contributed by atoms with Crippen molar-refractivity contribution < 1.29 is 4.79 Å². The molecule has 0 aliphatic rings. The number of rotatable bonds is 4. The van der Waals surface area contributed by atoms with Gasteiger partial charge in [0.1, 0.15) is 0 Å². The summed E-state index contributed by atoms with van der Waals surface area (Å²) in [4.78, 5) is 14.4. The van der Waals surface area contributed by atoms with Crippen LogP contribution in [0.15, 0.2) is 42.5 Å². The van der Waals surface area contributed by atoms with Gasteiger partial charge in [-0.3, -0.25) is 4.79 Å². The summed E-state index contributed by atoms with van der Waals surface area (Å²) >= 11 is 0. The fraction of sp³-hybridized carbons (Fsp3) is 0.235. The van der Waals surface area contributed by atoms with Crippen molar-refractivity contribution in [2.45, 2.75) is 20.4 Å². The third kappa shape index (κ3) is 3.75. The first-order chi connectivity index (χ1) is 9.99. The molecule has 21 heavy (non-hydrogen) atoms. The minimum absolute atomic E-state index is 0.0574. The Hall–Kier alpha value is -2.49. The van der Waals surface area contributed by atoms with E-state index < -0.39 is 0 Å². The molecule has 0 bridgehead atoms. The Morgan fingerprint density at radius 1 is 1.10 bits per heavy atom. The number of hydrogen-bond acceptors (Lipinski definition) is 3. The lowest BCUT2D eigenvalue weighted by Gasteiger charge is -2.21. The Labute approximate surface area is 125 Å². The fourth-order valence-corrected chi connectivity index (χ4v) is 2.34. The van der Waals surface area contributed by atoms with Gasteiger partial charge in [0, 0.05) is 30.0 Å². The summed E-state index contributed by atoms with van der Waals surface area (Å²) in [6.07, 6.45) is 0. The van der Waals surface area contributed by atoms with E-state index in [0.717, 1.165) is 5.56 Å². The molecule has 0 aliphatic carbocycles. The molecule has 0 atom stereocenters. The van der Waals surface area contributed by atoms with Crippen molar-refractivity contribution in [2.24, 2.45) is 0 Å². The second-order valence-corrected chi connectivity index (χ2v) is 5.20. The number of nitrogen functional groups attached to an aromatic ring is 2. The lowest BCUT2D eigenvalue weighted by molar-refractivity contribution is 0.0752. The summed E-state index contributed by atoms with van der Waals surface area (Å²) in [7, 11) is 0. The molecule has 0 aliphatic heterocycles. The van der Waals surface area contributed by atoms with Gasteiger partial charge in [-0.15, -0.1) is 0 Å². The van der Waals surface area contributed by atoms with E-state index in [4.69, 9.17) is 11.5 Å². The number of hydrogen-bond donors (Lipinski definition) is 2. The normalized spacial score (nSPS) is 10.4. The molecule has 1 amide bonds. The molecule has 0 fully saturated rings. The highest BCUT2D eigenvalue weighted by Gasteiger charge is 2.15. The first-order valence-electron chi connectivity index (χ1n) is 7.00. The Bertz CT molecular complexity index is 632. The van der Waals surface area contributed by atoms with E-state index in [1.165, 1.54) is 5.56 Å². The first kappa shape index (κ1) is 14.9. The molecule has 2 aromatic carbocycles. The molecule has 0 radical (unpaired) electrons. The highest BCUT2D eigenvalue weighted by Crippen LogP contribution is 2.17. The van der Waals surface area contributed by atoms with Gasteiger partial charge in [0.25, 0.3) is 5.91 Å². The van der Waals surface area contributed by atoms with Crippen molar-refractivity contribution in [3.05, 3.63) is 59.2 Å². The van der Waals surface area contributed by atoms with Gasteiger partial charge in [-0.05, 0) is 37.6 Å². The topological polar surface area (TPSA) is 72.3 Å². The lowest BCUT2D eigenvalue weighted by Crippen LogP contribution is -2.30. The predicted molar refractivity (Wildman–Crippen MR) is 86.9 cm³/mol. The molecule has 0 heterocycles. The van der Waals surface area contributed by atoms with Crippen LogP contribution in [0, 0.1) is 6.92 Å². The van der Waals surface area contributed by atoms with E-state index in [0.29, 0.717) is 30.0 Å². The first-order valence-corrected chi connectivity index (χ1v) is 7.00. The number of benzene rings is 2. The average Bonchev–Trinajstić information content (AvgIpc) is 2.43. The number of carbonyl (C=O) groups is 1. The fourth-order valence-electron chi connectivity index (χ4n) is 2.34. The maximum absolute atomic E-state index is 12.6. The van der Waals surface area contributed by atoms with Gasteiger partial charge in [0.15, 0.2) is 0 Å². The highest BCUT2D eigenvalue weighted by molar-refractivity contribution is 5.96. The third-order valence-electron chi connectivity index (χ3n) is 3.35. The van der Waals surface area contributed by atoms with Crippen LogP contribution in [0.1, 0.15) is 28.4 Å². The summed E-state index contributed by atoms with van der Waals surface area (Å²) in [6, 6.07) is 13.1. The van der Waals surface area contributed by atoms with Gasteiger partial charge in [-0.1, -0.05) is 29.8 Å². The number of nitrogens with two attached hydrogens (primary N) is 2. The summed E-state index contributed by atoms with van der Waals surface area (Å²) in [5.41, 5.74) is 15.4. The van der Waals surface area contributed by atoms with Crippen LogP contribution in [0.4, 0.5) is 11.4 Å². The third-order valence-corrected chi connectivity index (χ3v) is 3.35. The maximum atomic E-state index is 12.6. The zero-order chi connectivity index (χ0) is 15.4. The molecule has 4 nitrogen and oxygen atoms in total. The van der Waals surface area contributed by atoms with Crippen LogP contribution in [0.2, 0.25) is 0 Å². The molecule has 0 aromatic heterocycles. The minimum Gasteiger partial charge on any atom is -0.399 e. The maximum Gasteiger partial charge on any atom is 0.254 e. The predicted octanol–water partition coefficient (Wildman–Crippen LogP) is 2.82. The average molecular weight is 283 g/mol. The molecular weight excluding hydrogens is 262 g/mol. The second kappa shape index (κ2) is 6.31. The number of nitrogens with zero attached hydrogens (tertiary/aromatic N) is 1. The molecule has 4 heteroatoms. The monoisotopic (exact) mass is 283 g/mol. The van der Waals surface area contributed by atoms with Crippen LogP contribution in [-0.2, 0) is 6.54 Å². The molecule has 0 saturated heterocycles. The summed E-state index contributed by atoms with van der Waals surface area (Å²) in [5.74, 6) is -0.0574. The van der Waals surface area contributed by atoms with E-state index >= 15 is 0 Å². The molecular formula is C17H21N3O. The minimum atomic E-state index is -0.0574. The van der Waals surface area contributed by atoms with E-state index in [-0.39, 0.29) is 5.91 Å². The van der Waals surface area contributed by atoms with E-state index in [9.17, 15) is 4.79 Å². The summed E-state index contributed by atoms with van der Waals surface area (Å²) in [5, 5.41) is 0. The van der Waals surface area contributed by atoms with Crippen molar-refractivity contribution in [3.8, 4) is 0 Å². The van der Waals surface area contributed by atoms with Gasteiger partial charge in [0.05, 0.1) is 0 Å². The summed E-state index contributed by atoms with van der Waals surface area (Å²) in [6.45, 7) is 5.21. The molecule has 0 spiro atoms. The molecule has 110 valence electrons. The largest absolute Gasteiger partial charge is 0.399 e. The number of anilines is 2. The van der Waals surface area contributed by atoms with E-state index in [1.54, 1.807) is 23.1 Å². The number of amides is 1. The zero-order valence-corrected chi connectivity index (χ0v) is 12.5. The van der Waals surface area contributed by atoms with Crippen LogP contribution in [0.25, 0.3) is 0 Å². The van der Waals surface area contributed by atoms with E-state index in [1.807, 2.05) is 32.0 Å². The van der Waals surface area contributed by atoms with Crippen molar-refractivity contribution in [3.63, 3.8) is 0 Å². The SMILES string of the molecule is CCN(Cc1cccc(C)c1)C(=O)c1cc(N)cc(N)c1. The highest BCUT2D eigenvalue weighted by atomic mass is 16.2. The Morgan fingerprint density at radius 2 is 1.76 bits per heavy atom. The van der Waals surface area contributed by atoms with Crippen molar-refractivity contribution in [1.82, 2.24) is 4.90 Å². The van der Waals surface area contributed by atoms with Crippen LogP contribution in [-0.4, -0.2) is 17.4 Å². The van der Waals surface area contributed by atoms with Crippen LogP contribution in [0.3, 0.4) is 0 Å². The quantitative estimate of drug-likeness (QED) is 0.847. The van der Waals surface area contributed by atoms with Gasteiger partial charge >= 0.3 is 0 Å². The van der Waals surface area contributed by atoms with E-state index in [2.05, 4.69) is 6.07 Å². The van der Waals surface area contributed by atoms with Crippen molar-refractivity contribution in [2.75, 3.05) is 18.0 Å². The Kier molecular flexibility index (Phi) is 4.48. The van der Waals surface area contributed by atoms with Gasteiger partial charge in [-0.2, -0.15) is 0 Å². The number of carbonyl (C=O) groups excluding carboxylic acids is 1.